The van der Waals surface area contributed by atoms with Crippen molar-refractivity contribution in [3.63, 3.8) is 0 Å². The van der Waals surface area contributed by atoms with E-state index in [0.29, 0.717) is 31.0 Å². The lowest BCUT2D eigenvalue weighted by molar-refractivity contribution is -0.132. The Morgan fingerprint density at radius 3 is 2.54 bits per heavy atom. The van der Waals surface area contributed by atoms with Crippen molar-refractivity contribution in [2.45, 2.75) is 19.4 Å². The number of hydrogen-bond donors (Lipinski definition) is 0. The fourth-order valence-corrected chi connectivity index (χ4v) is 2.51. The average Bonchev–Trinajstić information content (AvgIpc) is 3.10. The molecule has 0 unspecified atom stereocenters. The summed E-state index contributed by atoms with van der Waals surface area (Å²) in [5, 5.41) is 0. The van der Waals surface area contributed by atoms with Gasteiger partial charge in [0.2, 0.25) is 5.91 Å². The zero-order chi connectivity index (χ0) is 17.4. The molecule has 0 aliphatic rings. The lowest BCUT2D eigenvalue weighted by atomic mass is 10.1. The maximum atomic E-state index is 12.4. The third-order valence-corrected chi connectivity index (χ3v) is 4.11. The van der Waals surface area contributed by atoms with Crippen LogP contribution < -0.4 is 0 Å². The van der Waals surface area contributed by atoms with E-state index >= 15 is 0 Å². The summed E-state index contributed by atoms with van der Waals surface area (Å²) in [6.45, 7) is 1.28. The van der Waals surface area contributed by atoms with E-state index < -0.39 is 0 Å². The molecule has 128 valence electrons. The van der Waals surface area contributed by atoms with Crippen LogP contribution in [0.4, 0.5) is 0 Å². The van der Waals surface area contributed by atoms with Crippen molar-refractivity contribution in [3.8, 4) is 0 Å². The van der Waals surface area contributed by atoms with Crippen LogP contribution in [0.5, 0.6) is 0 Å². The van der Waals surface area contributed by atoms with Crippen molar-refractivity contribution in [2.24, 2.45) is 0 Å². The molecule has 0 saturated carbocycles. The summed E-state index contributed by atoms with van der Waals surface area (Å²) >= 11 is 3.34. The summed E-state index contributed by atoms with van der Waals surface area (Å²) in [5.41, 5.74) is 0.612. The fourth-order valence-electron chi connectivity index (χ4n) is 2.24. The number of Topliss-reactive ketones (excluding diaryl/α,β-unsaturated/α-hetero) is 1. The predicted molar refractivity (Wildman–Crippen MR) is 93.7 cm³/mol. The normalized spacial score (nSPS) is 10.6. The summed E-state index contributed by atoms with van der Waals surface area (Å²) < 4.78 is 11.3. The zero-order valence-electron chi connectivity index (χ0n) is 13.5. The van der Waals surface area contributed by atoms with Crippen LogP contribution >= 0.6 is 15.9 Å². The van der Waals surface area contributed by atoms with Gasteiger partial charge in [-0.2, -0.15) is 0 Å². The number of furan rings is 1. The minimum absolute atomic E-state index is 0.0412. The second kappa shape index (κ2) is 9.39. The Bertz CT molecular complexity index is 652. The molecule has 1 aromatic heterocycles. The molecule has 24 heavy (non-hydrogen) atoms. The van der Waals surface area contributed by atoms with Crippen molar-refractivity contribution in [2.75, 3.05) is 20.3 Å². The first kappa shape index (κ1) is 18.4. The number of halogens is 1. The Morgan fingerprint density at radius 2 is 1.92 bits per heavy atom. The lowest BCUT2D eigenvalue weighted by Gasteiger charge is -2.21. The number of ketones is 1. The van der Waals surface area contributed by atoms with Crippen molar-refractivity contribution in [3.05, 3.63) is 58.5 Å². The number of hydrogen-bond acceptors (Lipinski definition) is 4. The zero-order valence-corrected chi connectivity index (χ0v) is 15.1. The van der Waals surface area contributed by atoms with Crippen LogP contribution in [-0.2, 0) is 16.1 Å². The number of rotatable bonds is 9. The highest BCUT2D eigenvalue weighted by atomic mass is 79.9. The van der Waals surface area contributed by atoms with E-state index in [-0.39, 0.29) is 24.5 Å². The van der Waals surface area contributed by atoms with Gasteiger partial charge in [-0.05, 0) is 24.3 Å². The molecule has 1 aromatic carbocycles. The van der Waals surface area contributed by atoms with Gasteiger partial charge in [-0.3, -0.25) is 9.59 Å². The standard InChI is InChI=1S/C18H20BrNO4/c1-23-12-10-20(13-16-3-2-11-24-16)18(22)9-8-17(21)14-4-6-15(19)7-5-14/h2-7,11H,8-10,12-13H2,1H3. The Balaban J connectivity index is 1.91. The monoisotopic (exact) mass is 393 g/mol. The van der Waals surface area contributed by atoms with Gasteiger partial charge in [0.05, 0.1) is 19.4 Å². The van der Waals surface area contributed by atoms with E-state index in [4.69, 9.17) is 9.15 Å². The Morgan fingerprint density at radius 1 is 1.17 bits per heavy atom. The van der Waals surface area contributed by atoms with E-state index in [0.717, 1.165) is 4.47 Å². The van der Waals surface area contributed by atoms with E-state index in [1.807, 2.05) is 18.2 Å². The number of carbonyl (C=O) groups excluding carboxylic acids is 2. The van der Waals surface area contributed by atoms with E-state index in [1.165, 1.54) is 0 Å². The number of nitrogens with zero attached hydrogens (tertiary/aromatic N) is 1. The number of carbonyl (C=O) groups is 2. The van der Waals surface area contributed by atoms with Crippen molar-refractivity contribution in [1.82, 2.24) is 4.90 Å². The highest BCUT2D eigenvalue weighted by Gasteiger charge is 2.17. The first-order valence-corrected chi connectivity index (χ1v) is 8.47. The van der Waals surface area contributed by atoms with Crippen LogP contribution in [0.15, 0.2) is 51.6 Å². The minimum Gasteiger partial charge on any atom is -0.467 e. The maximum absolute atomic E-state index is 12.4. The van der Waals surface area contributed by atoms with Crippen LogP contribution in [0, 0.1) is 0 Å². The van der Waals surface area contributed by atoms with Gasteiger partial charge >= 0.3 is 0 Å². The second-order valence-electron chi connectivity index (χ2n) is 5.32. The molecular weight excluding hydrogens is 374 g/mol. The van der Waals surface area contributed by atoms with Gasteiger partial charge < -0.3 is 14.1 Å². The molecule has 2 aromatic rings. The highest BCUT2D eigenvalue weighted by molar-refractivity contribution is 9.10. The van der Waals surface area contributed by atoms with Gasteiger partial charge in [-0.1, -0.05) is 28.1 Å². The molecule has 0 bridgehead atoms. The molecule has 1 amide bonds. The number of benzene rings is 1. The molecule has 5 nitrogen and oxygen atoms in total. The van der Waals surface area contributed by atoms with Crippen LogP contribution in [-0.4, -0.2) is 36.9 Å². The van der Waals surface area contributed by atoms with E-state index in [1.54, 1.807) is 36.5 Å². The lowest BCUT2D eigenvalue weighted by Crippen LogP contribution is -2.33. The third-order valence-electron chi connectivity index (χ3n) is 3.58. The molecule has 0 atom stereocenters. The molecule has 0 N–H and O–H groups in total. The van der Waals surface area contributed by atoms with Gasteiger partial charge in [0.25, 0.3) is 0 Å². The molecule has 1 heterocycles. The van der Waals surface area contributed by atoms with Gasteiger partial charge in [-0.15, -0.1) is 0 Å². The summed E-state index contributed by atoms with van der Waals surface area (Å²) in [6.07, 6.45) is 1.92. The topological polar surface area (TPSA) is 59.8 Å². The molecule has 0 aliphatic heterocycles. The summed E-state index contributed by atoms with van der Waals surface area (Å²) in [6, 6.07) is 10.7. The Labute approximate surface area is 149 Å². The third kappa shape index (κ3) is 5.62. The molecule has 6 heteroatoms. The average molecular weight is 394 g/mol. The Hall–Kier alpha value is -1.92. The molecule has 0 aliphatic carbocycles. The van der Waals surface area contributed by atoms with Crippen LogP contribution in [0.1, 0.15) is 29.0 Å². The van der Waals surface area contributed by atoms with Gasteiger partial charge in [0.1, 0.15) is 5.76 Å². The fraction of sp³-hybridized carbons (Fsp3) is 0.333. The molecule has 0 fully saturated rings. The molecular formula is C18H20BrNO4. The summed E-state index contributed by atoms with van der Waals surface area (Å²) in [7, 11) is 1.59. The molecule has 0 saturated heterocycles. The number of ether oxygens (including phenoxy) is 1. The van der Waals surface area contributed by atoms with Crippen LogP contribution in [0.2, 0.25) is 0 Å². The van der Waals surface area contributed by atoms with Crippen molar-refractivity contribution < 1.29 is 18.7 Å². The van der Waals surface area contributed by atoms with Gasteiger partial charge in [0.15, 0.2) is 5.78 Å². The molecule has 0 spiro atoms. The Kier molecular flexibility index (Phi) is 7.21. The van der Waals surface area contributed by atoms with Crippen molar-refractivity contribution >= 4 is 27.6 Å². The first-order valence-electron chi connectivity index (χ1n) is 7.68. The number of methoxy groups -OCH3 is 1. The quantitative estimate of drug-likeness (QED) is 0.609. The highest BCUT2D eigenvalue weighted by Crippen LogP contribution is 2.14. The summed E-state index contributed by atoms with van der Waals surface area (Å²) in [4.78, 5) is 26.3. The smallest absolute Gasteiger partial charge is 0.223 e. The predicted octanol–water partition coefficient (Wildman–Crippen LogP) is 3.68. The number of amides is 1. The van der Waals surface area contributed by atoms with Crippen LogP contribution in [0.3, 0.4) is 0 Å². The van der Waals surface area contributed by atoms with Crippen molar-refractivity contribution in [1.29, 1.82) is 0 Å². The summed E-state index contributed by atoms with van der Waals surface area (Å²) in [5.74, 6) is 0.577. The maximum Gasteiger partial charge on any atom is 0.223 e. The second-order valence-corrected chi connectivity index (χ2v) is 6.23. The molecule has 2 rings (SSSR count). The van der Waals surface area contributed by atoms with E-state index in [9.17, 15) is 9.59 Å². The minimum atomic E-state index is -0.0890. The molecule has 0 radical (unpaired) electrons. The largest absolute Gasteiger partial charge is 0.467 e. The first-order chi connectivity index (χ1) is 11.6. The van der Waals surface area contributed by atoms with Gasteiger partial charge in [-0.25, -0.2) is 0 Å². The van der Waals surface area contributed by atoms with E-state index in [2.05, 4.69) is 15.9 Å². The SMILES string of the molecule is COCCN(Cc1ccco1)C(=O)CCC(=O)c1ccc(Br)cc1. The van der Waals surface area contributed by atoms with Gasteiger partial charge in [0, 0.05) is 36.5 Å². The van der Waals surface area contributed by atoms with Crippen LogP contribution in [0.25, 0.3) is 0 Å².